The molecule has 4 fully saturated rings. The van der Waals surface area contributed by atoms with E-state index in [2.05, 4.69) is 20.5 Å². The monoisotopic (exact) mass is 311 g/mol. The molecule has 2 bridgehead atoms. The molecule has 4 aliphatic rings. The summed E-state index contributed by atoms with van der Waals surface area (Å²) in [4.78, 5) is 21.3. The molecular formula is C15H13N5OS. The van der Waals surface area contributed by atoms with Crippen molar-refractivity contribution in [1.82, 2.24) is 25.5 Å². The van der Waals surface area contributed by atoms with E-state index in [-0.39, 0.29) is 11.1 Å². The Kier molecular flexibility index (Phi) is 1.75. The van der Waals surface area contributed by atoms with Crippen molar-refractivity contribution in [2.45, 2.75) is 12.5 Å². The van der Waals surface area contributed by atoms with E-state index < -0.39 is 0 Å². The van der Waals surface area contributed by atoms with Crippen LogP contribution in [0, 0.1) is 24.7 Å². The smallest absolute Gasteiger partial charge is 0.268 e. The van der Waals surface area contributed by atoms with Gasteiger partial charge in [0.1, 0.15) is 10.5 Å². The molecule has 22 heavy (non-hydrogen) atoms. The van der Waals surface area contributed by atoms with Crippen LogP contribution in [0.4, 0.5) is 0 Å². The van der Waals surface area contributed by atoms with Crippen molar-refractivity contribution in [1.29, 1.82) is 0 Å². The van der Waals surface area contributed by atoms with Crippen LogP contribution < -0.4 is 10.9 Å². The summed E-state index contributed by atoms with van der Waals surface area (Å²) in [5, 5.41) is 10.5. The van der Waals surface area contributed by atoms with Crippen LogP contribution in [0.3, 0.4) is 0 Å². The van der Waals surface area contributed by atoms with Crippen LogP contribution in [-0.4, -0.2) is 26.7 Å². The largest absolute Gasteiger partial charge is 0.308 e. The first-order valence-corrected chi connectivity index (χ1v) is 8.31. The Hall–Kier alpha value is -1.99. The van der Waals surface area contributed by atoms with E-state index in [1.807, 2.05) is 13.0 Å². The number of aromatic amines is 2. The summed E-state index contributed by atoms with van der Waals surface area (Å²) >= 11 is 1.48. The number of rotatable bonds is 2. The minimum atomic E-state index is -0.0247. The summed E-state index contributed by atoms with van der Waals surface area (Å²) in [5.41, 5.74) is 2.81. The van der Waals surface area contributed by atoms with Gasteiger partial charge in [0.05, 0.1) is 17.3 Å². The summed E-state index contributed by atoms with van der Waals surface area (Å²) in [6.07, 6.45) is 1.80. The van der Waals surface area contributed by atoms with Crippen molar-refractivity contribution in [2.75, 3.05) is 6.54 Å². The maximum atomic E-state index is 12.5. The molecule has 0 radical (unpaired) electrons. The van der Waals surface area contributed by atoms with Gasteiger partial charge < -0.3 is 10.3 Å². The molecule has 0 spiro atoms. The second-order valence-corrected chi connectivity index (χ2v) is 7.67. The fraction of sp³-hybridized carbons (Fsp3) is 0.400. The second kappa shape index (κ2) is 3.33. The van der Waals surface area contributed by atoms with Crippen LogP contribution in [0.1, 0.15) is 11.5 Å². The van der Waals surface area contributed by atoms with E-state index in [0.29, 0.717) is 16.5 Å². The molecule has 3 aromatic heterocycles. The molecule has 0 amide bonds. The molecule has 3 aromatic rings. The first-order valence-electron chi connectivity index (χ1n) is 7.50. The Morgan fingerprint density at radius 2 is 2.27 bits per heavy atom. The maximum absolute atomic E-state index is 12.5. The minimum Gasteiger partial charge on any atom is -0.308 e. The summed E-state index contributed by atoms with van der Waals surface area (Å²) in [7, 11) is 0. The van der Waals surface area contributed by atoms with Gasteiger partial charge in [-0.2, -0.15) is 5.10 Å². The SMILES string of the molecule is Cc1[nH]ncc1-c1cc2nc(C34NCC5C3[C@@H]54)[nH]c(=O)c2s1. The molecule has 2 saturated heterocycles. The lowest BCUT2D eigenvalue weighted by Crippen LogP contribution is -2.31. The van der Waals surface area contributed by atoms with Crippen LogP contribution in [0.2, 0.25) is 0 Å². The van der Waals surface area contributed by atoms with Crippen molar-refractivity contribution in [2.24, 2.45) is 17.8 Å². The number of nitrogens with zero attached hydrogens (tertiary/aromatic N) is 2. The molecule has 4 atom stereocenters. The van der Waals surface area contributed by atoms with Crippen LogP contribution in [0.15, 0.2) is 17.1 Å². The van der Waals surface area contributed by atoms with Crippen molar-refractivity contribution < 1.29 is 0 Å². The number of piperidine rings is 1. The number of H-pyrrole nitrogens is 2. The first kappa shape index (κ1) is 11.6. The summed E-state index contributed by atoms with van der Waals surface area (Å²) in [5.74, 6) is 3.08. The first-order chi connectivity index (χ1) is 10.7. The van der Waals surface area contributed by atoms with Gasteiger partial charge in [-0.25, -0.2) is 4.98 Å². The maximum Gasteiger partial charge on any atom is 0.268 e. The highest BCUT2D eigenvalue weighted by molar-refractivity contribution is 7.22. The number of hydrogen-bond donors (Lipinski definition) is 3. The molecule has 6 nitrogen and oxygen atoms in total. The Morgan fingerprint density at radius 1 is 1.41 bits per heavy atom. The molecule has 2 aliphatic carbocycles. The Morgan fingerprint density at radius 3 is 2.95 bits per heavy atom. The topological polar surface area (TPSA) is 86.5 Å². The predicted molar refractivity (Wildman–Crippen MR) is 82.7 cm³/mol. The molecule has 7 heteroatoms. The number of aromatic nitrogens is 4. The Balaban J connectivity index is 1.55. The van der Waals surface area contributed by atoms with Crippen LogP contribution in [0.25, 0.3) is 20.7 Å². The normalized spacial score (nSPS) is 34.1. The highest BCUT2D eigenvalue weighted by Gasteiger charge is 2.89. The van der Waals surface area contributed by atoms with E-state index in [0.717, 1.165) is 39.9 Å². The van der Waals surface area contributed by atoms with Gasteiger partial charge in [0.25, 0.3) is 5.56 Å². The second-order valence-electron chi connectivity index (χ2n) is 6.61. The zero-order chi connectivity index (χ0) is 14.6. The van der Waals surface area contributed by atoms with Gasteiger partial charge in [-0.3, -0.25) is 9.89 Å². The molecule has 7 rings (SSSR count). The van der Waals surface area contributed by atoms with Crippen LogP contribution in [-0.2, 0) is 5.54 Å². The highest BCUT2D eigenvalue weighted by Crippen LogP contribution is 2.83. The average Bonchev–Trinajstić information content (AvgIpc) is 3.04. The van der Waals surface area contributed by atoms with Crippen molar-refractivity contribution in [3.8, 4) is 10.4 Å². The third kappa shape index (κ3) is 1.13. The van der Waals surface area contributed by atoms with Crippen molar-refractivity contribution in [3.05, 3.63) is 34.1 Å². The lowest BCUT2D eigenvalue weighted by molar-refractivity contribution is 0.478. The summed E-state index contributed by atoms with van der Waals surface area (Å²) in [6.45, 7) is 3.05. The molecule has 2 saturated carbocycles. The van der Waals surface area contributed by atoms with E-state index in [1.165, 1.54) is 11.3 Å². The molecular weight excluding hydrogens is 298 g/mol. The quantitative estimate of drug-likeness (QED) is 0.667. The zero-order valence-electron chi connectivity index (χ0n) is 11.8. The number of fused-ring (bicyclic) bond motifs is 2. The van der Waals surface area contributed by atoms with Crippen LogP contribution in [0.5, 0.6) is 0 Å². The van der Waals surface area contributed by atoms with Crippen LogP contribution >= 0.6 is 11.3 Å². The average molecular weight is 311 g/mol. The summed E-state index contributed by atoms with van der Waals surface area (Å²) in [6, 6.07) is 2.01. The number of aryl methyl sites for hydroxylation is 1. The van der Waals surface area contributed by atoms with Gasteiger partial charge in [-0.05, 0) is 37.3 Å². The predicted octanol–water partition coefficient (Wildman–Crippen LogP) is 1.36. The number of hydrogen-bond acceptors (Lipinski definition) is 5. The Bertz CT molecular complexity index is 1000. The Labute approximate surface area is 129 Å². The third-order valence-electron chi connectivity index (χ3n) is 5.61. The van der Waals surface area contributed by atoms with Gasteiger partial charge in [-0.15, -0.1) is 11.3 Å². The zero-order valence-corrected chi connectivity index (χ0v) is 12.6. The summed E-state index contributed by atoms with van der Waals surface area (Å²) < 4.78 is 0.694. The lowest BCUT2D eigenvalue weighted by Gasteiger charge is -2.14. The molecule has 3 unspecified atom stereocenters. The standard InChI is InChI=1S/C15H13N5OS/c1-5-6(4-17-20-5)9-2-8-12(22-9)13(21)19-14(18-8)15-10-7(3-16-15)11(10)15/h2,4,7,10-11,16H,3H2,1H3,(H,17,20)(H,18,19,21)/t7?,10-,11?,15?/m1/s1. The van der Waals surface area contributed by atoms with Gasteiger partial charge >= 0.3 is 0 Å². The lowest BCUT2D eigenvalue weighted by atomic mass is 10.0. The van der Waals surface area contributed by atoms with E-state index in [1.54, 1.807) is 6.20 Å². The van der Waals surface area contributed by atoms with Gasteiger partial charge in [0, 0.05) is 16.1 Å². The number of nitrogens with one attached hydrogen (secondary N) is 3. The highest BCUT2D eigenvalue weighted by atomic mass is 32.1. The minimum absolute atomic E-state index is 0.00826. The molecule has 0 aromatic carbocycles. The molecule has 2 aliphatic heterocycles. The van der Waals surface area contributed by atoms with Crippen molar-refractivity contribution >= 4 is 21.6 Å². The fourth-order valence-corrected chi connectivity index (χ4v) is 5.48. The van der Waals surface area contributed by atoms with Crippen molar-refractivity contribution in [3.63, 3.8) is 0 Å². The third-order valence-corrected chi connectivity index (χ3v) is 6.77. The fourth-order valence-electron chi connectivity index (χ4n) is 4.42. The molecule has 3 N–H and O–H groups in total. The van der Waals surface area contributed by atoms with Gasteiger partial charge in [-0.1, -0.05) is 0 Å². The van der Waals surface area contributed by atoms with Gasteiger partial charge in [0.15, 0.2) is 0 Å². The molecule has 110 valence electrons. The van der Waals surface area contributed by atoms with E-state index >= 15 is 0 Å². The van der Waals surface area contributed by atoms with E-state index in [4.69, 9.17) is 4.98 Å². The number of thiophene rings is 1. The van der Waals surface area contributed by atoms with E-state index in [9.17, 15) is 4.79 Å². The molecule has 5 heterocycles. The van der Waals surface area contributed by atoms with Gasteiger partial charge in [0.2, 0.25) is 0 Å².